The predicted octanol–water partition coefficient (Wildman–Crippen LogP) is 4.71. The Kier molecular flexibility index (Phi) is 6.35. The van der Waals surface area contributed by atoms with E-state index in [1.807, 2.05) is 58.0 Å². The van der Waals surface area contributed by atoms with Crippen LogP contribution >= 0.6 is 0 Å². The summed E-state index contributed by atoms with van der Waals surface area (Å²) in [6, 6.07) is 18.1. The molecule has 0 atom stereocenters. The predicted molar refractivity (Wildman–Crippen MR) is 125 cm³/mol. The van der Waals surface area contributed by atoms with E-state index >= 15 is 0 Å². The zero-order valence-corrected chi connectivity index (χ0v) is 19.0. The fourth-order valence-corrected chi connectivity index (χ4v) is 3.13. The van der Waals surface area contributed by atoms with Gasteiger partial charge in [0, 0.05) is 17.4 Å². The number of nitrogens with zero attached hydrogens (tertiary/aromatic N) is 4. The Bertz CT molecular complexity index is 1250. The maximum Gasteiger partial charge on any atom is 0.262 e. The largest absolute Gasteiger partial charge is 0.484 e. The molecule has 2 aromatic heterocycles. The minimum absolute atomic E-state index is 0.0714. The Labute approximate surface area is 192 Å². The first-order chi connectivity index (χ1) is 15.9. The van der Waals surface area contributed by atoms with Crippen LogP contribution in [0, 0.1) is 27.7 Å². The number of carbonyl (C=O) groups excluding carboxylic acids is 1. The van der Waals surface area contributed by atoms with Crippen LogP contribution in [-0.2, 0) is 4.79 Å². The van der Waals surface area contributed by atoms with Gasteiger partial charge < -0.3 is 14.8 Å². The maximum absolute atomic E-state index is 12.1. The Morgan fingerprint density at radius 2 is 1.58 bits per heavy atom. The molecule has 0 bridgehead atoms. The van der Waals surface area contributed by atoms with Crippen molar-refractivity contribution in [1.29, 1.82) is 0 Å². The lowest BCUT2D eigenvalue weighted by Gasteiger charge is -2.09. The lowest BCUT2D eigenvalue weighted by atomic mass is 10.2. The highest BCUT2D eigenvalue weighted by molar-refractivity contribution is 5.91. The van der Waals surface area contributed by atoms with E-state index in [4.69, 9.17) is 9.47 Å². The van der Waals surface area contributed by atoms with Gasteiger partial charge in [0.25, 0.3) is 5.91 Å². The van der Waals surface area contributed by atoms with E-state index < -0.39 is 0 Å². The van der Waals surface area contributed by atoms with Crippen molar-refractivity contribution in [3.05, 3.63) is 83.2 Å². The van der Waals surface area contributed by atoms with Crippen molar-refractivity contribution in [2.75, 3.05) is 11.9 Å². The van der Waals surface area contributed by atoms with Crippen molar-refractivity contribution < 1.29 is 14.3 Å². The molecule has 1 amide bonds. The molecule has 4 rings (SSSR count). The number of aryl methyl sites for hydroxylation is 2. The van der Waals surface area contributed by atoms with Crippen LogP contribution in [0.25, 0.3) is 5.82 Å². The van der Waals surface area contributed by atoms with Gasteiger partial charge in [-0.3, -0.25) is 4.79 Å². The molecule has 33 heavy (non-hydrogen) atoms. The zero-order valence-electron chi connectivity index (χ0n) is 19.0. The fraction of sp³-hybridized carbons (Fsp3) is 0.200. The van der Waals surface area contributed by atoms with Gasteiger partial charge in [0.05, 0.1) is 5.69 Å². The summed E-state index contributed by atoms with van der Waals surface area (Å²) in [6.07, 6.45) is 0. The summed E-state index contributed by atoms with van der Waals surface area (Å²) in [6.45, 7) is 7.92. The van der Waals surface area contributed by atoms with Gasteiger partial charge in [-0.05, 0) is 75.7 Å². The minimum atomic E-state index is -0.245. The number of amides is 1. The molecule has 2 aromatic carbocycles. The number of nitrogens with one attached hydrogen (secondary N) is 1. The first-order valence-corrected chi connectivity index (χ1v) is 10.5. The second kappa shape index (κ2) is 9.52. The molecule has 0 saturated carbocycles. The van der Waals surface area contributed by atoms with Crippen LogP contribution in [0.5, 0.6) is 17.4 Å². The fourth-order valence-electron chi connectivity index (χ4n) is 3.13. The van der Waals surface area contributed by atoms with Crippen molar-refractivity contribution in [3.63, 3.8) is 0 Å². The molecule has 1 N–H and O–H groups in total. The summed E-state index contributed by atoms with van der Waals surface area (Å²) < 4.78 is 13.0. The molecule has 0 radical (unpaired) electrons. The second-order valence-electron chi connectivity index (χ2n) is 7.71. The molecule has 4 aromatic rings. The number of aromatic nitrogens is 4. The molecular formula is C25H25N5O3. The van der Waals surface area contributed by atoms with Crippen LogP contribution in [0.1, 0.15) is 22.5 Å². The van der Waals surface area contributed by atoms with E-state index in [0.717, 1.165) is 22.5 Å². The number of hydrogen-bond acceptors (Lipinski definition) is 6. The van der Waals surface area contributed by atoms with E-state index in [-0.39, 0.29) is 12.5 Å². The molecule has 0 saturated heterocycles. The molecule has 0 fully saturated rings. The minimum Gasteiger partial charge on any atom is -0.484 e. The van der Waals surface area contributed by atoms with Gasteiger partial charge in [-0.1, -0.05) is 17.7 Å². The number of ether oxygens (including phenoxy) is 2. The number of carbonyl (C=O) groups is 1. The molecule has 0 unspecified atom stereocenters. The highest BCUT2D eigenvalue weighted by Crippen LogP contribution is 2.22. The maximum atomic E-state index is 12.1. The highest BCUT2D eigenvalue weighted by Gasteiger charge is 2.11. The molecule has 8 heteroatoms. The lowest BCUT2D eigenvalue weighted by Crippen LogP contribution is -2.20. The first-order valence-electron chi connectivity index (χ1n) is 10.5. The highest BCUT2D eigenvalue weighted by atomic mass is 16.5. The van der Waals surface area contributed by atoms with Crippen molar-refractivity contribution in [1.82, 2.24) is 20.0 Å². The van der Waals surface area contributed by atoms with Gasteiger partial charge in [-0.25, -0.2) is 4.68 Å². The first kappa shape index (κ1) is 22.0. The number of hydrogen-bond donors (Lipinski definition) is 1. The lowest BCUT2D eigenvalue weighted by molar-refractivity contribution is -0.118. The van der Waals surface area contributed by atoms with Crippen molar-refractivity contribution in [2.45, 2.75) is 27.7 Å². The average molecular weight is 444 g/mol. The van der Waals surface area contributed by atoms with Crippen molar-refractivity contribution in [2.24, 2.45) is 0 Å². The van der Waals surface area contributed by atoms with Gasteiger partial charge in [0.2, 0.25) is 5.88 Å². The van der Waals surface area contributed by atoms with E-state index in [9.17, 15) is 4.79 Å². The Balaban J connectivity index is 1.32. The number of rotatable bonds is 7. The molecule has 168 valence electrons. The summed E-state index contributed by atoms with van der Waals surface area (Å²) in [5, 5.41) is 15.6. The Morgan fingerprint density at radius 1 is 0.879 bits per heavy atom. The van der Waals surface area contributed by atoms with Crippen LogP contribution in [0.4, 0.5) is 5.69 Å². The van der Waals surface area contributed by atoms with E-state index in [1.54, 1.807) is 35.0 Å². The van der Waals surface area contributed by atoms with Gasteiger partial charge in [-0.2, -0.15) is 5.10 Å². The van der Waals surface area contributed by atoms with Gasteiger partial charge in [0.15, 0.2) is 12.4 Å². The van der Waals surface area contributed by atoms with Crippen LogP contribution < -0.4 is 14.8 Å². The van der Waals surface area contributed by atoms with Crippen LogP contribution in [-0.4, -0.2) is 32.5 Å². The second-order valence-corrected chi connectivity index (χ2v) is 7.71. The van der Waals surface area contributed by atoms with Crippen LogP contribution in [0.15, 0.2) is 60.7 Å². The molecule has 2 heterocycles. The topological polar surface area (TPSA) is 91.2 Å². The summed E-state index contributed by atoms with van der Waals surface area (Å²) >= 11 is 0. The van der Waals surface area contributed by atoms with Gasteiger partial charge >= 0.3 is 0 Å². The Morgan fingerprint density at radius 3 is 2.18 bits per heavy atom. The quantitative estimate of drug-likeness (QED) is 0.445. The molecule has 0 aliphatic heterocycles. The summed E-state index contributed by atoms with van der Waals surface area (Å²) in [4.78, 5) is 12.1. The number of anilines is 1. The number of benzene rings is 2. The summed E-state index contributed by atoms with van der Waals surface area (Å²) in [5.74, 6) is 1.97. The summed E-state index contributed by atoms with van der Waals surface area (Å²) in [5.41, 5.74) is 4.89. The van der Waals surface area contributed by atoms with Gasteiger partial charge in [0.1, 0.15) is 11.5 Å². The smallest absolute Gasteiger partial charge is 0.262 e. The molecule has 0 aliphatic rings. The van der Waals surface area contributed by atoms with Crippen molar-refractivity contribution >= 4 is 11.6 Å². The zero-order chi connectivity index (χ0) is 23.4. The van der Waals surface area contributed by atoms with Crippen LogP contribution in [0.2, 0.25) is 0 Å². The molecule has 8 nitrogen and oxygen atoms in total. The third kappa shape index (κ3) is 5.35. The van der Waals surface area contributed by atoms with Gasteiger partial charge in [-0.15, -0.1) is 10.2 Å². The summed E-state index contributed by atoms with van der Waals surface area (Å²) in [7, 11) is 0. The van der Waals surface area contributed by atoms with E-state index in [0.29, 0.717) is 28.9 Å². The van der Waals surface area contributed by atoms with Crippen LogP contribution in [0.3, 0.4) is 0 Å². The van der Waals surface area contributed by atoms with E-state index in [1.165, 1.54) is 0 Å². The monoisotopic (exact) mass is 443 g/mol. The standard InChI is InChI=1S/C25H25N5O3/c1-16-5-9-21(10-6-16)32-15-24(31)26-20-7-11-22(12-8-20)33-25-14-13-23(27-28-25)30-19(4)17(2)18(3)29-30/h5-14H,15H2,1-4H3,(H,26,31). The molecular weight excluding hydrogens is 418 g/mol. The van der Waals surface area contributed by atoms with E-state index in [2.05, 4.69) is 20.6 Å². The third-order valence-electron chi connectivity index (χ3n) is 5.25. The Hall–Kier alpha value is -4.20. The molecule has 0 spiro atoms. The SMILES string of the molecule is Cc1ccc(OCC(=O)Nc2ccc(Oc3ccc(-n4nc(C)c(C)c4C)nn3)cc2)cc1. The average Bonchev–Trinajstić information content (AvgIpc) is 3.08. The normalized spacial score (nSPS) is 10.7. The molecule has 0 aliphatic carbocycles. The third-order valence-corrected chi connectivity index (χ3v) is 5.25. The van der Waals surface area contributed by atoms with Crippen molar-refractivity contribution in [3.8, 4) is 23.2 Å².